The summed E-state index contributed by atoms with van der Waals surface area (Å²) in [6.45, 7) is 0. The van der Waals surface area contributed by atoms with E-state index in [2.05, 4.69) is 36.3 Å². The Kier molecular flexibility index (Phi) is 3.51. The second kappa shape index (κ2) is 4.96. The zero-order valence-corrected chi connectivity index (χ0v) is 10.6. The molecule has 0 atom stereocenters. The maximum absolute atomic E-state index is 12.3. The number of rotatable bonds is 2. The van der Waals surface area contributed by atoms with E-state index in [1.807, 2.05) is 0 Å². The highest BCUT2D eigenvalue weighted by molar-refractivity contribution is 9.10. The monoisotopic (exact) mass is 335 g/mol. The molecular formula is C9H5BrF3N5O. The van der Waals surface area contributed by atoms with Crippen LogP contribution in [0.15, 0.2) is 22.9 Å². The van der Waals surface area contributed by atoms with Crippen LogP contribution < -0.4 is 5.32 Å². The Morgan fingerprint density at radius 3 is 2.68 bits per heavy atom. The molecule has 0 aliphatic carbocycles. The van der Waals surface area contributed by atoms with Gasteiger partial charge in [-0.15, -0.1) is 5.10 Å². The van der Waals surface area contributed by atoms with Gasteiger partial charge in [-0.2, -0.15) is 18.2 Å². The van der Waals surface area contributed by atoms with Crippen molar-refractivity contribution in [3.63, 3.8) is 0 Å². The fourth-order valence-corrected chi connectivity index (χ4v) is 1.52. The first-order chi connectivity index (χ1) is 8.86. The number of aromatic nitrogens is 4. The molecule has 0 unspecified atom stereocenters. The molecule has 2 aromatic heterocycles. The van der Waals surface area contributed by atoms with E-state index in [1.54, 1.807) is 5.10 Å². The number of halogens is 4. The fraction of sp³-hybridized carbons (Fsp3) is 0.111. The lowest BCUT2D eigenvalue weighted by Crippen LogP contribution is -2.13. The molecule has 0 aromatic carbocycles. The molecule has 0 aliphatic heterocycles. The van der Waals surface area contributed by atoms with Crippen LogP contribution in [0, 0.1) is 0 Å². The standard InChI is InChI=1S/C9H5BrF3N5O/c10-5-1-4(2-14-3-5)6(19)15-8-16-7(17-18-8)9(11,12)13/h1-3H,(H2,15,16,17,18,19). The molecule has 0 radical (unpaired) electrons. The molecular weight excluding hydrogens is 331 g/mol. The van der Waals surface area contributed by atoms with Crippen LogP contribution in [0.2, 0.25) is 0 Å². The van der Waals surface area contributed by atoms with Gasteiger partial charge >= 0.3 is 6.18 Å². The summed E-state index contributed by atoms with van der Waals surface area (Å²) >= 11 is 3.12. The molecule has 2 heterocycles. The van der Waals surface area contributed by atoms with Crippen LogP contribution in [0.25, 0.3) is 0 Å². The highest BCUT2D eigenvalue weighted by Crippen LogP contribution is 2.26. The van der Waals surface area contributed by atoms with Gasteiger partial charge in [0, 0.05) is 16.9 Å². The zero-order chi connectivity index (χ0) is 14.0. The van der Waals surface area contributed by atoms with Crippen molar-refractivity contribution in [3.8, 4) is 0 Å². The van der Waals surface area contributed by atoms with E-state index in [-0.39, 0.29) is 5.56 Å². The van der Waals surface area contributed by atoms with Crippen molar-refractivity contribution < 1.29 is 18.0 Å². The number of carbonyl (C=O) groups excluding carboxylic acids is 1. The quantitative estimate of drug-likeness (QED) is 0.881. The molecule has 2 rings (SSSR count). The Labute approximate surface area is 112 Å². The van der Waals surface area contributed by atoms with E-state index in [4.69, 9.17) is 0 Å². The summed E-state index contributed by atoms with van der Waals surface area (Å²) in [5.74, 6) is -2.41. The number of hydrogen-bond acceptors (Lipinski definition) is 4. The van der Waals surface area contributed by atoms with Gasteiger partial charge in [0.05, 0.1) is 5.56 Å². The number of hydrogen-bond donors (Lipinski definition) is 2. The molecule has 100 valence electrons. The Bertz CT molecular complexity index is 612. The lowest BCUT2D eigenvalue weighted by molar-refractivity contribution is -0.144. The lowest BCUT2D eigenvalue weighted by Gasteiger charge is -2.01. The second-order valence-electron chi connectivity index (χ2n) is 3.35. The van der Waals surface area contributed by atoms with Crippen LogP contribution in [-0.2, 0) is 6.18 Å². The van der Waals surface area contributed by atoms with E-state index >= 15 is 0 Å². The van der Waals surface area contributed by atoms with Gasteiger partial charge in [0.15, 0.2) is 0 Å². The van der Waals surface area contributed by atoms with Gasteiger partial charge in [0.25, 0.3) is 5.91 Å². The smallest absolute Gasteiger partial charge is 0.289 e. The van der Waals surface area contributed by atoms with E-state index in [0.717, 1.165) is 0 Å². The molecule has 1 amide bonds. The normalized spacial score (nSPS) is 11.4. The summed E-state index contributed by atoms with van der Waals surface area (Å²) < 4.78 is 37.3. The third kappa shape index (κ3) is 3.28. The van der Waals surface area contributed by atoms with Crippen LogP contribution in [0.5, 0.6) is 0 Å². The van der Waals surface area contributed by atoms with Gasteiger partial charge < -0.3 is 0 Å². The molecule has 10 heteroatoms. The minimum absolute atomic E-state index is 0.160. The number of anilines is 1. The Morgan fingerprint density at radius 2 is 2.11 bits per heavy atom. The molecule has 0 saturated heterocycles. The van der Waals surface area contributed by atoms with Crippen molar-refractivity contribution in [2.24, 2.45) is 0 Å². The molecule has 2 N–H and O–H groups in total. The molecule has 0 fully saturated rings. The minimum atomic E-state index is -4.65. The molecule has 0 spiro atoms. The lowest BCUT2D eigenvalue weighted by atomic mass is 10.3. The number of alkyl halides is 3. The Morgan fingerprint density at radius 1 is 1.37 bits per heavy atom. The average Bonchev–Trinajstić information content (AvgIpc) is 2.77. The number of nitrogens with one attached hydrogen (secondary N) is 2. The van der Waals surface area contributed by atoms with Crippen LogP contribution in [0.4, 0.5) is 19.1 Å². The summed E-state index contributed by atoms with van der Waals surface area (Å²) in [4.78, 5) is 18.5. The van der Waals surface area contributed by atoms with E-state index in [9.17, 15) is 18.0 Å². The van der Waals surface area contributed by atoms with Gasteiger partial charge in [-0.1, -0.05) is 0 Å². The van der Waals surface area contributed by atoms with Gasteiger partial charge in [-0.05, 0) is 22.0 Å². The van der Waals surface area contributed by atoms with Crippen molar-refractivity contribution in [3.05, 3.63) is 34.3 Å². The van der Waals surface area contributed by atoms with Crippen molar-refractivity contribution >= 4 is 27.8 Å². The summed E-state index contributed by atoms with van der Waals surface area (Å²) in [6, 6.07) is 1.46. The predicted octanol–water partition coefficient (Wildman–Crippen LogP) is 2.23. The molecule has 19 heavy (non-hydrogen) atoms. The Balaban J connectivity index is 2.13. The van der Waals surface area contributed by atoms with Crippen molar-refractivity contribution in [2.45, 2.75) is 6.18 Å². The first kappa shape index (κ1) is 13.5. The number of nitrogens with zero attached hydrogens (tertiary/aromatic N) is 3. The van der Waals surface area contributed by atoms with Crippen molar-refractivity contribution in [2.75, 3.05) is 5.32 Å². The third-order valence-electron chi connectivity index (χ3n) is 1.95. The van der Waals surface area contributed by atoms with E-state index in [1.165, 1.54) is 18.5 Å². The van der Waals surface area contributed by atoms with Gasteiger partial charge in [0.2, 0.25) is 11.8 Å². The molecule has 0 saturated carbocycles. The largest absolute Gasteiger partial charge is 0.451 e. The topological polar surface area (TPSA) is 83.6 Å². The van der Waals surface area contributed by atoms with Crippen molar-refractivity contribution in [1.82, 2.24) is 20.2 Å². The molecule has 0 bridgehead atoms. The summed E-state index contributed by atoms with van der Waals surface area (Å²) in [5.41, 5.74) is 0.160. The van der Waals surface area contributed by atoms with Crippen LogP contribution in [0.3, 0.4) is 0 Å². The maximum Gasteiger partial charge on any atom is 0.451 e. The number of pyridine rings is 1. The number of H-pyrrole nitrogens is 1. The highest BCUT2D eigenvalue weighted by Gasteiger charge is 2.35. The van der Waals surface area contributed by atoms with Gasteiger partial charge in [0.1, 0.15) is 0 Å². The fourth-order valence-electron chi connectivity index (χ4n) is 1.15. The minimum Gasteiger partial charge on any atom is -0.289 e. The highest BCUT2D eigenvalue weighted by atomic mass is 79.9. The first-order valence-corrected chi connectivity index (χ1v) is 5.57. The molecule has 0 aliphatic rings. The SMILES string of the molecule is O=C(Nc1n[nH]c(C(F)(F)F)n1)c1cncc(Br)c1. The average molecular weight is 336 g/mol. The van der Waals surface area contributed by atoms with Crippen LogP contribution in [0.1, 0.15) is 16.2 Å². The summed E-state index contributed by atoms with van der Waals surface area (Å²) in [5, 5.41) is 7.06. The van der Waals surface area contributed by atoms with E-state index < -0.39 is 23.9 Å². The Hall–Kier alpha value is -1.97. The third-order valence-corrected chi connectivity index (χ3v) is 2.38. The summed E-state index contributed by atoms with van der Waals surface area (Å²) in [7, 11) is 0. The van der Waals surface area contributed by atoms with Crippen molar-refractivity contribution in [1.29, 1.82) is 0 Å². The number of amides is 1. The van der Waals surface area contributed by atoms with E-state index in [0.29, 0.717) is 4.47 Å². The number of aromatic amines is 1. The van der Waals surface area contributed by atoms with Crippen LogP contribution in [-0.4, -0.2) is 26.1 Å². The number of carbonyl (C=O) groups is 1. The van der Waals surface area contributed by atoms with Crippen LogP contribution >= 0.6 is 15.9 Å². The second-order valence-corrected chi connectivity index (χ2v) is 4.27. The van der Waals surface area contributed by atoms with Gasteiger partial charge in [-0.25, -0.2) is 0 Å². The zero-order valence-electron chi connectivity index (χ0n) is 8.99. The predicted molar refractivity (Wildman–Crippen MR) is 61.3 cm³/mol. The molecule has 6 nitrogen and oxygen atoms in total. The summed E-state index contributed by atoms with van der Waals surface area (Å²) in [6.07, 6.45) is -1.92. The maximum atomic E-state index is 12.3. The molecule has 2 aromatic rings. The first-order valence-electron chi connectivity index (χ1n) is 4.78. The van der Waals surface area contributed by atoms with Gasteiger partial charge in [-0.3, -0.25) is 20.2 Å².